The quantitative estimate of drug-likeness (QED) is 0.761. The maximum atomic E-state index is 11.9. The number of carboxylic acids is 1. The van der Waals surface area contributed by atoms with Gasteiger partial charge in [0.1, 0.15) is 11.6 Å². The SMILES string of the molecule is C1CN2CCC1CC2.Fc1cccc(F)c1.NCCc1ccccc1CCC(=O)O. The molecular weight excluding hydrogens is 386 g/mol. The number of hydrogen-bond acceptors (Lipinski definition) is 3. The molecule has 3 aliphatic rings. The Balaban J connectivity index is 0.000000170. The minimum Gasteiger partial charge on any atom is -0.481 e. The highest BCUT2D eigenvalue weighted by Crippen LogP contribution is 2.26. The van der Waals surface area contributed by atoms with Crippen LogP contribution in [0.5, 0.6) is 0 Å². The zero-order valence-electron chi connectivity index (χ0n) is 17.4. The molecule has 3 fully saturated rings. The molecule has 0 aliphatic carbocycles. The highest BCUT2D eigenvalue weighted by atomic mass is 19.1. The lowest BCUT2D eigenvalue weighted by atomic mass is 9.89. The molecule has 30 heavy (non-hydrogen) atoms. The van der Waals surface area contributed by atoms with E-state index in [1.54, 1.807) is 0 Å². The number of carboxylic acid groups (broad SMARTS) is 1. The molecule has 164 valence electrons. The lowest BCUT2D eigenvalue weighted by Gasteiger charge is -2.38. The van der Waals surface area contributed by atoms with Crippen LogP contribution in [0, 0.1) is 17.6 Å². The Hall–Kier alpha value is -2.31. The first kappa shape index (κ1) is 24.0. The summed E-state index contributed by atoms with van der Waals surface area (Å²) < 4.78 is 23.9. The number of carbonyl (C=O) groups is 1. The standard InChI is InChI=1S/C11H15NO2.C7H13N.C6H4F2/c12-8-7-10-4-2-1-3-9(10)5-6-11(13)14;1-4-8-5-2-7(1)3-6-8;7-5-2-1-3-6(8)4-5/h1-4H,5-8,12H2,(H,13,14);7H,1-6H2;1-4H. The zero-order chi connectivity index (χ0) is 21.8. The Morgan fingerprint density at radius 1 is 0.933 bits per heavy atom. The maximum Gasteiger partial charge on any atom is 0.303 e. The van der Waals surface area contributed by atoms with Crippen LogP contribution in [0.4, 0.5) is 8.78 Å². The van der Waals surface area contributed by atoms with E-state index >= 15 is 0 Å². The maximum absolute atomic E-state index is 11.9. The van der Waals surface area contributed by atoms with Gasteiger partial charge in [-0.2, -0.15) is 0 Å². The van der Waals surface area contributed by atoms with Crippen molar-refractivity contribution in [2.45, 2.75) is 38.5 Å². The number of benzene rings is 2. The number of piperidine rings is 3. The van der Waals surface area contributed by atoms with Crippen LogP contribution < -0.4 is 5.73 Å². The van der Waals surface area contributed by atoms with Gasteiger partial charge >= 0.3 is 5.97 Å². The van der Waals surface area contributed by atoms with Crippen LogP contribution in [0.15, 0.2) is 48.5 Å². The minimum absolute atomic E-state index is 0.182. The fraction of sp³-hybridized carbons (Fsp3) is 0.458. The van der Waals surface area contributed by atoms with Crippen LogP contribution in [0.25, 0.3) is 0 Å². The molecule has 3 saturated heterocycles. The van der Waals surface area contributed by atoms with E-state index < -0.39 is 17.6 Å². The largest absolute Gasteiger partial charge is 0.481 e. The van der Waals surface area contributed by atoms with Crippen molar-refractivity contribution < 1.29 is 18.7 Å². The van der Waals surface area contributed by atoms with Gasteiger partial charge in [-0.25, -0.2) is 8.78 Å². The minimum atomic E-state index is -0.757. The Labute approximate surface area is 177 Å². The predicted octanol–water partition coefficient (Wildman–Crippen LogP) is 4.27. The van der Waals surface area contributed by atoms with E-state index in [1.807, 2.05) is 24.3 Å². The summed E-state index contributed by atoms with van der Waals surface area (Å²) in [6.07, 6.45) is 6.04. The molecule has 2 aromatic carbocycles. The van der Waals surface area contributed by atoms with Crippen LogP contribution in [-0.4, -0.2) is 42.2 Å². The Bertz CT molecular complexity index is 737. The van der Waals surface area contributed by atoms with Crippen molar-refractivity contribution in [1.29, 1.82) is 0 Å². The number of aliphatic carboxylic acids is 1. The summed E-state index contributed by atoms with van der Waals surface area (Å²) in [4.78, 5) is 13.0. The molecule has 0 saturated carbocycles. The second kappa shape index (κ2) is 13.1. The van der Waals surface area contributed by atoms with E-state index in [0.717, 1.165) is 29.5 Å². The van der Waals surface area contributed by atoms with Crippen molar-refractivity contribution >= 4 is 5.97 Å². The Morgan fingerprint density at radius 2 is 1.47 bits per heavy atom. The van der Waals surface area contributed by atoms with Crippen molar-refractivity contribution in [3.8, 4) is 0 Å². The lowest BCUT2D eigenvalue weighted by Crippen LogP contribution is -2.41. The average molecular weight is 419 g/mol. The number of nitrogens with zero attached hydrogens (tertiary/aromatic N) is 1. The normalized spacial score (nSPS) is 19.2. The van der Waals surface area contributed by atoms with Gasteiger partial charge in [0.15, 0.2) is 0 Å². The second-order valence-corrected chi connectivity index (χ2v) is 7.71. The third kappa shape index (κ3) is 9.01. The number of hydrogen-bond donors (Lipinski definition) is 2. The van der Waals surface area contributed by atoms with Gasteiger partial charge < -0.3 is 15.7 Å². The van der Waals surface area contributed by atoms with Gasteiger partial charge in [0.05, 0.1) is 0 Å². The van der Waals surface area contributed by atoms with E-state index in [1.165, 1.54) is 57.1 Å². The molecule has 6 heteroatoms. The van der Waals surface area contributed by atoms with Crippen molar-refractivity contribution in [3.63, 3.8) is 0 Å². The fourth-order valence-corrected chi connectivity index (χ4v) is 3.77. The van der Waals surface area contributed by atoms with E-state index in [2.05, 4.69) is 4.90 Å². The molecule has 0 unspecified atom stereocenters. The fourth-order valence-electron chi connectivity index (χ4n) is 3.77. The third-order valence-corrected chi connectivity index (χ3v) is 5.49. The molecule has 0 aromatic heterocycles. The van der Waals surface area contributed by atoms with Gasteiger partial charge in [-0.15, -0.1) is 0 Å². The van der Waals surface area contributed by atoms with Crippen LogP contribution in [0.2, 0.25) is 0 Å². The summed E-state index contributed by atoms with van der Waals surface area (Å²) >= 11 is 0. The van der Waals surface area contributed by atoms with Gasteiger partial charge in [-0.1, -0.05) is 30.3 Å². The molecule has 0 atom stereocenters. The van der Waals surface area contributed by atoms with Gasteiger partial charge in [0.2, 0.25) is 0 Å². The van der Waals surface area contributed by atoms with Gasteiger partial charge in [-0.05, 0) is 87.5 Å². The molecule has 5 rings (SSSR count). The first-order valence-electron chi connectivity index (χ1n) is 10.6. The van der Waals surface area contributed by atoms with Gasteiger partial charge in [-0.3, -0.25) is 4.79 Å². The highest BCUT2D eigenvalue weighted by Gasteiger charge is 2.24. The number of nitrogens with two attached hydrogens (primary N) is 1. The molecule has 2 aromatic rings. The van der Waals surface area contributed by atoms with Gasteiger partial charge in [0, 0.05) is 12.5 Å². The zero-order valence-corrected chi connectivity index (χ0v) is 17.4. The topological polar surface area (TPSA) is 66.6 Å². The van der Waals surface area contributed by atoms with Crippen LogP contribution in [0.1, 0.15) is 36.8 Å². The molecule has 0 spiro atoms. The van der Waals surface area contributed by atoms with Crippen LogP contribution >= 0.6 is 0 Å². The average Bonchev–Trinajstić information content (AvgIpc) is 2.75. The number of fused-ring (bicyclic) bond motifs is 3. The molecule has 0 amide bonds. The van der Waals surface area contributed by atoms with E-state index in [0.29, 0.717) is 13.0 Å². The van der Waals surface area contributed by atoms with Crippen molar-refractivity contribution in [1.82, 2.24) is 4.90 Å². The molecular formula is C24H32F2N2O2. The summed E-state index contributed by atoms with van der Waals surface area (Å²) in [5, 5.41) is 8.57. The second-order valence-electron chi connectivity index (χ2n) is 7.71. The van der Waals surface area contributed by atoms with Crippen molar-refractivity contribution in [2.75, 3.05) is 26.2 Å². The predicted molar refractivity (Wildman–Crippen MR) is 115 cm³/mol. The van der Waals surface area contributed by atoms with E-state index in [4.69, 9.17) is 10.8 Å². The molecule has 4 nitrogen and oxygen atoms in total. The Morgan fingerprint density at radius 3 is 1.80 bits per heavy atom. The summed E-state index contributed by atoms with van der Waals surface area (Å²) in [7, 11) is 0. The van der Waals surface area contributed by atoms with Crippen LogP contribution in [0.3, 0.4) is 0 Å². The van der Waals surface area contributed by atoms with Crippen LogP contribution in [-0.2, 0) is 17.6 Å². The lowest BCUT2D eigenvalue weighted by molar-refractivity contribution is -0.136. The summed E-state index contributed by atoms with van der Waals surface area (Å²) in [5.74, 6) is -0.720. The molecule has 3 heterocycles. The molecule has 2 bridgehead atoms. The summed E-state index contributed by atoms with van der Waals surface area (Å²) in [6.45, 7) is 4.78. The van der Waals surface area contributed by atoms with Gasteiger partial charge in [0.25, 0.3) is 0 Å². The summed E-state index contributed by atoms with van der Waals surface area (Å²) in [6, 6.07) is 12.4. The molecule has 3 N–H and O–H groups in total. The number of aryl methyl sites for hydroxylation is 1. The first-order chi connectivity index (χ1) is 14.5. The number of rotatable bonds is 5. The van der Waals surface area contributed by atoms with Crippen molar-refractivity contribution in [3.05, 3.63) is 71.3 Å². The molecule has 0 radical (unpaired) electrons. The highest BCUT2D eigenvalue weighted by molar-refractivity contribution is 5.67. The number of halogens is 2. The molecule has 3 aliphatic heterocycles. The monoisotopic (exact) mass is 418 g/mol. The first-order valence-corrected chi connectivity index (χ1v) is 10.6. The smallest absolute Gasteiger partial charge is 0.303 e. The van der Waals surface area contributed by atoms with E-state index in [9.17, 15) is 13.6 Å². The van der Waals surface area contributed by atoms with Crippen molar-refractivity contribution in [2.24, 2.45) is 11.7 Å². The summed E-state index contributed by atoms with van der Waals surface area (Å²) in [5.41, 5.74) is 7.73. The van der Waals surface area contributed by atoms with E-state index in [-0.39, 0.29) is 6.42 Å². The Kier molecular flexibility index (Phi) is 10.5. The third-order valence-electron chi connectivity index (χ3n) is 5.49.